The summed E-state index contributed by atoms with van der Waals surface area (Å²) >= 11 is 0. The third-order valence-electron chi connectivity index (χ3n) is 2.99. The monoisotopic (exact) mass is 301 g/mol. The zero-order chi connectivity index (χ0) is 15.2. The quantitative estimate of drug-likeness (QED) is 0.588. The molecular formula is C13H19NO5S. The van der Waals surface area contributed by atoms with Gasteiger partial charge in [0.25, 0.3) is 5.91 Å². The van der Waals surface area contributed by atoms with Crippen LogP contribution in [0.25, 0.3) is 0 Å². The molecule has 1 aromatic carbocycles. The molecule has 0 radical (unpaired) electrons. The van der Waals surface area contributed by atoms with Crippen molar-refractivity contribution in [2.75, 3.05) is 7.11 Å². The second-order valence-corrected chi connectivity index (χ2v) is 6.46. The summed E-state index contributed by atoms with van der Waals surface area (Å²) in [5.41, 5.74) is 1.43. The van der Waals surface area contributed by atoms with Gasteiger partial charge < -0.3 is 4.74 Å². The van der Waals surface area contributed by atoms with Gasteiger partial charge in [-0.05, 0) is 30.7 Å². The first-order chi connectivity index (χ1) is 9.47. The van der Waals surface area contributed by atoms with Crippen molar-refractivity contribution in [3.63, 3.8) is 0 Å². The average molecular weight is 301 g/mol. The number of sulfone groups is 1. The molecule has 0 fully saturated rings. The fourth-order valence-electron chi connectivity index (χ4n) is 1.82. The molecule has 0 aromatic heterocycles. The fraction of sp³-hybridized carbons (Fsp3) is 0.462. The maximum absolute atomic E-state index is 12.4. The number of methoxy groups -OCH3 is 1. The van der Waals surface area contributed by atoms with E-state index in [2.05, 4.69) is 0 Å². The molecule has 1 atom stereocenters. The number of hydroxylamine groups is 1. The van der Waals surface area contributed by atoms with Gasteiger partial charge in [-0.25, -0.2) is 13.9 Å². The van der Waals surface area contributed by atoms with Crippen molar-refractivity contribution < 1.29 is 23.2 Å². The Bertz CT molecular complexity index is 538. The molecule has 0 aliphatic carbocycles. The SMILES string of the molecule is CCCC[C@@H](C(=O)NO)S(=O)(=O)c1ccc(OC)cc1. The molecule has 0 aliphatic heterocycles. The third kappa shape index (κ3) is 3.71. The predicted molar refractivity (Wildman–Crippen MR) is 73.4 cm³/mol. The smallest absolute Gasteiger partial charge is 0.262 e. The number of hydrogen-bond acceptors (Lipinski definition) is 5. The van der Waals surface area contributed by atoms with Crippen LogP contribution in [0.2, 0.25) is 0 Å². The molecule has 7 heteroatoms. The van der Waals surface area contributed by atoms with Gasteiger partial charge in [-0.1, -0.05) is 19.8 Å². The molecule has 0 heterocycles. The van der Waals surface area contributed by atoms with Gasteiger partial charge in [0.05, 0.1) is 12.0 Å². The van der Waals surface area contributed by atoms with Crippen LogP contribution in [0.15, 0.2) is 29.2 Å². The van der Waals surface area contributed by atoms with Crippen molar-refractivity contribution >= 4 is 15.7 Å². The lowest BCUT2D eigenvalue weighted by molar-refractivity contribution is -0.128. The van der Waals surface area contributed by atoms with Crippen molar-refractivity contribution in [2.45, 2.75) is 36.3 Å². The number of carbonyl (C=O) groups excluding carboxylic acids is 1. The molecule has 0 saturated heterocycles. The maximum atomic E-state index is 12.4. The van der Waals surface area contributed by atoms with Crippen molar-refractivity contribution in [3.05, 3.63) is 24.3 Å². The number of rotatable bonds is 7. The van der Waals surface area contributed by atoms with Gasteiger partial charge in [0.1, 0.15) is 11.0 Å². The summed E-state index contributed by atoms with van der Waals surface area (Å²) in [6, 6.07) is 5.80. The summed E-state index contributed by atoms with van der Waals surface area (Å²) in [6.07, 6.45) is 1.50. The highest BCUT2D eigenvalue weighted by atomic mass is 32.2. The Morgan fingerprint density at radius 3 is 2.40 bits per heavy atom. The molecule has 112 valence electrons. The molecule has 6 nitrogen and oxygen atoms in total. The van der Waals surface area contributed by atoms with Crippen LogP contribution in [0.1, 0.15) is 26.2 Å². The minimum atomic E-state index is -3.84. The Morgan fingerprint density at radius 2 is 1.95 bits per heavy atom. The Morgan fingerprint density at radius 1 is 1.35 bits per heavy atom. The van der Waals surface area contributed by atoms with Gasteiger partial charge in [-0.2, -0.15) is 0 Å². The predicted octanol–water partition coefficient (Wildman–Crippen LogP) is 1.53. The molecular weight excluding hydrogens is 282 g/mol. The Labute approximate surface area is 118 Å². The maximum Gasteiger partial charge on any atom is 0.262 e. The van der Waals surface area contributed by atoms with E-state index in [9.17, 15) is 13.2 Å². The standard InChI is InChI=1S/C13H19NO5S/c1-3-4-5-12(13(15)14-16)20(17,18)11-8-6-10(19-2)7-9-11/h6-9,12,16H,3-5H2,1-2H3,(H,14,15)/t12-/m0/s1. The molecule has 0 spiro atoms. The second kappa shape index (κ2) is 7.25. The van der Waals surface area contributed by atoms with E-state index < -0.39 is 21.0 Å². The number of unbranched alkanes of at least 4 members (excludes halogenated alkanes) is 1. The van der Waals surface area contributed by atoms with E-state index in [0.29, 0.717) is 12.2 Å². The largest absolute Gasteiger partial charge is 0.497 e. The van der Waals surface area contributed by atoms with Crippen molar-refractivity contribution in [1.29, 1.82) is 0 Å². The highest BCUT2D eigenvalue weighted by Gasteiger charge is 2.33. The van der Waals surface area contributed by atoms with Crippen LogP contribution in [0.3, 0.4) is 0 Å². The third-order valence-corrected chi connectivity index (χ3v) is 5.11. The van der Waals surface area contributed by atoms with Gasteiger partial charge in [0.2, 0.25) is 0 Å². The van der Waals surface area contributed by atoms with Crippen LogP contribution in [0.4, 0.5) is 0 Å². The molecule has 0 aliphatic rings. The number of ether oxygens (including phenoxy) is 1. The summed E-state index contributed by atoms with van der Waals surface area (Å²) in [5.74, 6) is -0.380. The molecule has 1 rings (SSSR count). The van der Waals surface area contributed by atoms with Gasteiger partial charge in [-0.3, -0.25) is 10.0 Å². The van der Waals surface area contributed by atoms with Crippen LogP contribution in [0, 0.1) is 0 Å². The molecule has 0 bridgehead atoms. The first-order valence-corrected chi connectivity index (χ1v) is 7.83. The number of amides is 1. The van der Waals surface area contributed by atoms with E-state index in [-0.39, 0.29) is 11.3 Å². The normalized spacial score (nSPS) is 12.8. The van der Waals surface area contributed by atoms with Gasteiger partial charge in [0.15, 0.2) is 9.84 Å². The minimum absolute atomic E-state index is 0.0306. The topological polar surface area (TPSA) is 92.7 Å². The van der Waals surface area contributed by atoms with Crippen LogP contribution in [-0.2, 0) is 14.6 Å². The lowest BCUT2D eigenvalue weighted by atomic mass is 10.2. The summed E-state index contributed by atoms with van der Waals surface area (Å²) in [4.78, 5) is 11.6. The van der Waals surface area contributed by atoms with E-state index >= 15 is 0 Å². The second-order valence-electron chi connectivity index (χ2n) is 4.33. The minimum Gasteiger partial charge on any atom is -0.497 e. The van der Waals surface area contributed by atoms with Crippen LogP contribution < -0.4 is 10.2 Å². The van der Waals surface area contributed by atoms with Crippen LogP contribution in [-0.4, -0.2) is 31.9 Å². The number of benzene rings is 1. The lowest BCUT2D eigenvalue weighted by Gasteiger charge is -2.15. The van der Waals surface area contributed by atoms with E-state index in [0.717, 1.165) is 6.42 Å². The fourth-order valence-corrected chi connectivity index (χ4v) is 3.47. The van der Waals surface area contributed by atoms with Crippen LogP contribution in [0.5, 0.6) is 5.75 Å². The molecule has 0 saturated carbocycles. The molecule has 20 heavy (non-hydrogen) atoms. The average Bonchev–Trinajstić information content (AvgIpc) is 2.47. The summed E-state index contributed by atoms with van der Waals surface area (Å²) < 4.78 is 29.8. The first-order valence-electron chi connectivity index (χ1n) is 6.29. The highest BCUT2D eigenvalue weighted by molar-refractivity contribution is 7.92. The molecule has 1 aromatic rings. The Balaban J connectivity index is 3.10. The van der Waals surface area contributed by atoms with Crippen molar-refractivity contribution in [3.8, 4) is 5.75 Å². The van der Waals surface area contributed by atoms with Gasteiger partial charge in [-0.15, -0.1) is 0 Å². The summed E-state index contributed by atoms with van der Waals surface area (Å²) in [6.45, 7) is 1.90. The highest BCUT2D eigenvalue weighted by Crippen LogP contribution is 2.22. The van der Waals surface area contributed by atoms with Crippen LogP contribution >= 0.6 is 0 Å². The lowest BCUT2D eigenvalue weighted by Crippen LogP contribution is -2.38. The molecule has 0 unspecified atom stereocenters. The molecule has 1 amide bonds. The number of nitrogens with one attached hydrogen (secondary N) is 1. The zero-order valence-corrected chi connectivity index (χ0v) is 12.3. The van der Waals surface area contributed by atoms with Gasteiger partial charge in [0, 0.05) is 0 Å². The van der Waals surface area contributed by atoms with E-state index in [1.165, 1.54) is 36.9 Å². The Hall–Kier alpha value is -1.60. The van der Waals surface area contributed by atoms with E-state index in [4.69, 9.17) is 9.94 Å². The van der Waals surface area contributed by atoms with Crippen molar-refractivity contribution in [2.24, 2.45) is 0 Å². The van der Waals surface area contributed by atoms with E-state index in [1.807, 2.05) is 6.92 Å². The van der Waals surface area contributed by atoms with Crippen molar-refractivity contribution in [1.82, 2.24) is 5.48 Å². The Kier molecular flexibility index (Phi) is 5.97. The number of carbonyl (C=O) groups is 1. The number of hydrogen-bond donors (Lipinski definition) is 2. The summed E-state index contributed by atoms with van der Waals surface area (Å²) in [7, 11) is -2.36. The molecule has 2 N–H and O–H groups in total. The zero-order valence-electron chi connectivity index (χ0n) is 11.5. The van der Waals surface area contributed by atoms with Gasteiger partial charge >= 0.3 is 0 Å². The van der Waals surface area contributed by atoms with E-state index in [1.54, 1.807) is 0 Å². The first kappa shape index (κ1) is 16.5. The summed E-state index contributed by atoms with van der Waals surface area (Å²) in [5, 5.41) is 7.42.